The van der Waals surface area contributed by atoms with Gasteiger partial charge in [-0.25, -0.2) is 0 Å². The van der Waals surface area contributed by atoms with Crippen LogP contribution in [0.2, 0.25) is 0 Å². The smallest absolute Gasteiger partial charge is 0.0779 e. The highest BCUT2D eigenvalue weighted by Crippen LogP contribution is 2.35. The van der Waals surface area contributed by atoms with Gasteiger partial charge in [0.2, 0.25) is 0 Å². The minimum atomic E-state index is -0.0396. The molecule has 4 heteroatoms. The van der Waals surface area contributed by atoms with Crippen molar-refractivity contribution in [1.29, 1.82) is 0 Å². The van der Waals surface area contributed by atoms with E-state index < -0.39 is 0 Å². The molecule has 2 rings (SSSR count). The van der Waals surface area contributed by atoms with E-state index in [1.54, 1.807) is 0 Å². The van der Waals surface area contributed by atoms with E-state index in [2.05, 4.69) is 26.1 Å². The fraction of sp³-hybridized carbons (Fsp3) is 1.00. The Bertz CT molecular complexity index is 305. The Hall–Kier alpha value is -0.160. The molecule has 0 aliphatic carbocycles. The zero-order chi connectivity index (χ0) is 14.0. The molecule has 2 saturated heterocycles. The predicted molar refractivity (Wildman–Crippen MR) is 77.3 cm³/mol. The standard InChI is InChI=1S/C15H30N2O2/c1-4-13(2)10-15(11-16,7-9-19-13)17-12-14(3)6-5-8-18-14/h17H,4-12,16H2,1-3H3. The molecule has 0 spiro atoms. The largest absolute Gasteiger partial charge is 0.375 e. The topological polar surface area (TPSA) is 56.5 Å². The molecule has 0 aromatic rings. The summed E-state index contributed by atoms with van der Waals surface area (Å²) >= 11 is 0. The highest BCUT2D eigenvalue weighted by molar-refractivity contribution is 5.00. The van der Waals surface area contributed by atoms with E-state index >= 15 is 0 Å². The minimum Gasteiger partial charge on any atom is -0.375 e. The van der Waals surface area contributed by atoms with Crippen LogP contribution in [0.1, 0.15) is 52.9 Å². The Morgan fingerprint density at radius 2 is 1.84 bits per heavy atom. The van der Waals surface area contributed by atoms with E-state index in [9.17, 15) is 0 Å². The minimum absolute atomic E-state index is 0.0108. The van der Waals surface area contributed by atoms with Crippen molar-refractivity contribution in [1.82, 2.24) is 5.32 Å². The molecule has 0 saturated carbocycles. The van der Waals surface area contributed by atoms with E-state index in [1.165, 1.54) is 6.42 Å². The lowest BCUT2D eigenvalue weighted by Crippen LogP contribution is -2.61. The normalized spacial score (nSPS) is 43.6. The van der Waals surface area contributed by atoms with Crippen LogP contribution in [0.4, 0.5) is 0 Å². The average Bonchev–Trinajstić information content (AvgIpc) is 2.84. The molecule has 2 aliphatic rings. The lowest BCUT2D eigenvalue weighted by Gasteiger charge is -2.47. The molecule has 19 heavy (non-hydrogen) atoms. The van der Waals surface area contributed by atoms with Crippen molar-refractivity contribution in [2.75, 3.05) is 26.3 Å². The lowest BCUT2D eigenvalue weighted by molar-refractivity contribution is -0.103. The third-order valence-corrected chi connectivity index (χ3v) is 5.02. The third-order valence-electron chi connectivity index (χ3n) is 5.02. The van der Waals surface area contributed by atoms with Crippen LogP contribution < -0.4 is 11.1 Å². The van der Waals surface area contributed by atoms with Gasteiger partial charge in [0.05, 0.1) is 11.2 Å². The van der Waals surface area contributed by atoms with E-state index in [0.29, 0.717) is 6.54 Å². The predicted octanol–water partition coefficient (Wildman–Crippen LogP) is 1.82. The molecule has 112 valence electrons. The summed E-state index contributed by atoms with van der Waals surface area (Å²) in [6.45, 7) is 9.84. The van der Waals surface area contributed by atoms with Crippen molar-refractivity contribution >= 4 is 0 Å². The van der Waals surface area contributed by atoms with Gasteiger partial charge in [0, 0.05) is 31.8 Å². The Labute approximate surface area is 117 Å². The molecule has 0 aromatic heterocycles. The van der Waals surface area contributed by atoms with Crippen molar-refractivity contribution in [3.63, 3.8) is 0 Å². The quantitative estimate of drug-likeness (QED) is 0.800. The van der Waals surface area contributed by atoms with E-state index in [1.807, 2.05) is 0 Å². The summed E-state index contributed by atoms with van der Waals surface area (Å²) in [6.07, 6.45) is 5.33. The van der Waals surface area contributed by atoms with E-state index in [4.69, 9.17) is 15.2 Å². The van der Waals surface area contributed by atoms with Gasteiger partial charge in [-0.3, -0.25) is 0 Å². The van der Waals surface area contributed by atoms with Crippen molar-refractivity contribution in [2.45, 2.75) is 69.6 Å². The van der Waals surface area contributed by atoms with Crippen LogP contribution >= 0.6 is 0 Å². The maximum atomic E-state index is 6.08. The summed E-state index contributed by atoms with van der Waals surface area (Å²) in [5.74, 6) is 0. The Morgan fingerprint density at radius 3 is 2.42 bits per heavy atom. The molecule has 0 radical (unpaired) electrons. The second-order valence-electron chi connectivity index (χ2n) is 6.82. The molecule has 2 fully saturated rings. The molecule has 3 unspecified atom stereocenters. The van der Waals surface area contributed by atoms with Crippen molar-refractivity contribution < 1.29 is 9.47 Å². The Kier molecular flexibility index (Phi) is 4.56. The summed E-state index contributed by atoms with van der Waals surface area (Å²) in [4.78, 5) is 0. The second-order valence-corrected chi connectivity index (χ2v) is 6.82. The molecule has 3 atom stereocenters. The van der Waals surface area contributed by atoms with Gasteiger partial charge >= 0.3 is 0 Å². The van der Waals surface area contributed by atoms with Crippen LogP contribution in [0.3, 0.4) is 0 Å². The van der Waals surface area contributed by atoms with Crippen LogP contribution in [0, 0.1) is 0 Å². The first-order valence-electron chi connectivity index (χ1n) is 7.68. The average molecular weight is 270 g/mol. The van der Waals surface area contributed by atoms with Crippen molar-refractivity contribution in [3.8, 4) is 0 Å². The second kappa shape index (κ2) is 5.68. The molecule has 3 N–H and O–H groups in total. The van der Waals surface area contributed by atoms with Gasteiger partial charge in [-0.1, -0.05) is 6.92 Å². The Balaban J connectivity index is 1.97. The first-order chi connectivity index (χ1) is 8.95. The van der Waals surface area contributed by atoms with E-state index in [-0.39, 0.29) is 16.7 Å². The first kappa shape index (κ1) is 15.2. The van der Waals surface area contributed by atoms with Crippen LogP contribution in [0.15, 0.2) is 0 Å². The summed E-state index contributed by atoms with van der Waals surface area (Å²) < 4.78 is 11.8. The fourth-order valence-electron chi connectivity index (χ4n) is 3.32. The summed E-state index contributed by atoms with van der Waals surface area (Å²) in [5.41, 5.74) is 6.04. The number of ether oxygens (including phenoxy) is 2. The van der Waals surface area contributed by atoms with Gasteiger partial charge in [-0.2, -0.15) is 0 Å². The molecule has 0 bridgehead atoms. The molecule has 0 aromatic carbocycles. The van der Waals surface area contributed by atoms with Gasteiger partial charge in [-0.05, 0) is 46.0 Å². The van der Waals surface area contributed by atoms with Crippen LogP contribution in [0.25, 0.3) is 0 Å². The third kappa shape index (κ3) is 3.48. The molecule has 2 aliphatic heterocycles. The van der Waals surface area contributed by atoms with Crippen LogP contribution in [0.5, 0.6) is 0 Å². The molecule has 4 nitrogen and oxygen atoms in total. The molecular weight excluding hydrogens is 240 g/mol. The number of hydrogen-bond donors (Lipinski definition) is 2. The highest BCUT2D eigenvalue weighted by atomic mass is 16.5. The summed E-state index contributed by atoms with van der Waals surface area (Å²) in [6, 6.07) is 0. The summed E-state index contributed by atoms with van der Waals surface area (Å²) in [5, 5.41) is 3.73. The van der Waals surface area contributed by atoms with Gasteiger partial charge in [0.15, 0.2) is 0 Å². The zero-order valence-electron chi connectivity index (χ0n) is 12.8. The number of hydrogen-bond acceptors (Lipinski definition) is 4. The highest BCUT2D eigenvalue weighted by Gasteiger charge is 2.43. The van der Waals surface area contributed by atoms with Crippen molar-refractivity contribution in [3.05, 3.63) is 0 Å². The SMILES string of the molecule is CCC1(C)CC(CN)(NCC2(C)CCCO2)CCO1. The lowest BCUT2D eigenvalue weighted by atomic mass is 9.78. The zero-order valence-corrected chi connectivity index (χ0v) is 12.8. The Morgan fingerprint density at radius 1 is 1.11 bits per heavy atom. The first-order valence-corrected chi connectivity index (χ1v) is 7.68. The summed E-state index contributed by atoms with van der Waals surface area (Å²) in [7, 11) is 0. The molecule has 2 heterocycles. The number of rotatable bonds is 5. The van der Waals surface area contributed by atoms with Gasteiger partial charge in [-0.15, -0.1) is 0 Å². The number of nitrogens with one attached hydrogen (secondary N) is 1. The van der Waals surface area contributed by atoms with Gasteiger partial charge < -0.3 is 20.5 Å². The van der Waals surface area contributed by atoms with Crippen LogP contribution in [-0.4, -0.2) is 43.0 Å². The maximum absolute atomic E-state index is 6.08. The van der Waals surface area contributed by atoms with Gasteiger partial charge in [0.1, 0.15) is 0 Å². The van der Waals surface area contributed by atoms with E-state index in [0.717, 1.165) is 45.4 Å². The maximum Gasteiger partial charge on any atom is 0.0779 e. The van der Waals surface area contributed by atoms with Crippen molar-refractivity contribution in [2.24, 2.45) is 5.73 Å². The monoisotopic (exact) mass is 270 g/mol. The number of nitrogens with two attached hydrogens (primary N) is 1. The van der Waals surface area contributed by atoms with Crippen LogP contribution in [-0.2, 0) is 9.47 Å². The molecular formula is C15H30N2O2. The molecule has 0 amide bonds. The van der Waals surface area contributed by atoms with Gasteiger partial charge in [0.25, 0.3) is 0 Å². The fourth-order valence-corrected chi connectivity index (χ4v) is 3.32.